The van der Waals surface area contributed by atoms with E-state index in [9.17, 15) is 0 Å². The molecular weight excluding hydrogens is 238 g/mol. The van der Waals surface area contributed by atoms with Crippen molar-refractivity contribution >= 4 is 28.6 Å². The molecule has 92 valence electrons. The van der Waals surface area contributed by atoms with Crippen molar-refractivity contribution in [2.24, 2.45) is 0 Å². The molecule has 5 heteroatoms. The summed E-state index contributed by atoms with van der Waals surface area (Å²) in [6.07, 6.45) is 0.927. The van der Waals surface area contributed by atoms with Crippen molar-refractivity contribution in [3.8, 4) is 0 Å². The van der Waals surface area contributed by atoms with Gasteiger partial charge in [0.25, 0.3) is 0 Å². The van der Waals surface area contributed by atoms with E-state index < -0.39 is 0 Å². The smallest absolute Gasteiger partial charge is 0.201 e. The Kier molecular flexibility index (Phi) is 3.54. The number of nitrogens with two attached hydrogens (primary N) is 1. The molecule has 2 N–H and O–H groups in total. The number of aromatic nitrogens is 2. The average Bonchev–Trinajstić information content (AvgIpc) is 2.62. The molecule has 0 aliphatic carbocycles. The summed E-state index contributed by atoms with van der Waals surface area (Å²) < 4.78 is 7.21. The number of rotatable bonds is 4. The van der Waals surface area contributed by atoms with Crippen molar-refractivity contribution in [3.63, 3.8) is 0 Å². The second-order valence-corrected chi connectivity index (χ2v) is 4.43. The van der Waals surface area contributed by atoms with Crippen LogP contribution in [-0.2, 0) is 4.74 Å². The Morgan fingerprint density at radius 1 is 1.53 bits per heavy atom. The van der Waals surface area contributed by atoms with Crippen molar-refractivity contribution in [2.45, 2.75) is 19.4 Å². The van der Waals surface area contributed by atoms with Gasteiger partial charge in [-0.25, -0.2) is 4.98 Å². The molecule has 0 bridgehead atoms. The van der Waals surface area contributed by atoms with Gasteiger partial charge in [0.05, 0.1) is 23.7 Å². The van der Waals surface area contributed by atoms with E-state index in [1.807, 2.05) is 22.8 Å². The maximum absolute atomic E-state index is 6.01. The zero-order valence-corrected chi connectivity index (χ0v) is 10.7. The molecule has 1 heterocycles. The molecule has 0 saturated carbocycles. The Morgan fingerprint density at radius 2 is 2.29 bits per heavy atom. The van der Waals surface area contributed by atoms with Crippen molar-refractivity contribution in [2.75, 3.05) is 19.5 Å². The highest BCUT2D eigenvalue weighted by Crippen LogP contribution is 2.27. The molecule has 0 aliphatic rings. The van der Waals surface area contributed by atoms with Gasteiger partial charge in [0.1, 0.15) is 0 Å². The molecule has 1 atom stereocenters. The first-order chi connectivity index (χ1) is 8.17. The maximum Gasteiger partial charge on any atom is 0.201 e. The third-order valence-corrected chi connectivity index (χ3v) is 3.11. The first-order valence-corrected chi connectivity index (χ1v) is 5.97. The second-order valence-electron chi connectivity index (χ2n) is 3.99. The Morgan fingerprint density at radius 3 is 2.94 bits per heavy atom. The predicted octanol–water partition coefficient (Wildman–Crippen LogP) is 2.87. The van der Waals surface area contributed by atoms with Crippen LogP contribution in [0.3, 0.4) is 0 Å². The summed E-state index contributed by atoms with van der Waals surface area (Å²) in [5, 5.41) is 0.686. The highest BCUT2D eigenvalue weighted by Gasteiger charge is 2.16. The molecule has 4 nitrogen and oxygen atoms in total. The molecule has 0 aliphatic heterocycles. The van der Waals surface area contributed by atoms with Gasteiger partial charge in [-0.3, -0.25) is 0 Å². The zero-order valence-electron chi connectivity index (χ0n) is 9.98. The average molecular weight is 254 g/mol. The van der Waals surface area contributed by atoms with Crippen LogP contribution in [0.5, 0.6) is 0 Å². The summed E-state index contributed by atoms with van der Waals surface area (Å²) in [6, 6.07) is 5.77. The number of nitrogens with zero attached hydrogens (tertiary/aromatic N) is 2. The van der Waals surface area contributed by atoms with E-state index >= 15 is 0 Å². The van der Waals surface area contributed by atoms with E-state index in [2.05, 4.69) is 11.9 Å². The number of anilines is 1. The lowest BCUT2D eigenvalue weighted by molar-refractivity contribution is 0.155. The summed E-state index contributed by atoms with van der Waals surface area (Å²) in [4.78, 5) is 4.33. The van der Waals surface area contributed by atoms with E-state index in [1.165, 1.54) is 0 Å². The number of hydrogen-bond donors (Lipinski definition) is 1. The largest absolute Gasteiger partial charge is 0.383 e. The molecule has 0 fully saturated rings. The lowest BCUT2D eigenvalue weighted by atomic mass is 10.2. The Bertz CT molecular complexity index is 524. The molecule has 1 aromatic heterocycles. The van der Waals surface area contributed by atoms with Gasteiger partial charge < -0.3 is 15.0 Å². The number of hydrogen-bond acceptors (Lipinski definition) is 3. The Hall–Kier alpha value is -1.26. The lowest BCUT2D eigenvalue weighted by Crippen LogP contribution is -2.15. The highest BCUT2D eigenvalue weighted by molar-refractivity contribution is 6.31. The van der Waals surface area contributed by atoms with Gasteiger partial charge in [-0.05, 0) is 24.6 Å². The van der Waals surface area contributed by atoms with Crippen LogP contribution < -0.4 is 5.73 Å². The van der Waals surface area contributed by atoms with Crippen LogP contribution in [0.25, 0.3) is 11.0 Å². The van der Waals surface area contributed by atoms with Crippen LogP contribution in [0.4, 0.5) is 5.95 Å². The highest BCUT2D eigenvalue weighted by atomic mass is 35.5. The molecule has 0 spiro atoms. The molecule has 1 aromatic carbocycles. The van der Waals surface area contributed by atoms with E-state index in [0.717, 1.165) is 17.5 Å². The van der Waals surface area contributed by atoms with Crippen molar-refractivity contribution in [1.29, 1.82) is 0 Å². The first-order valence-electron chi connectivity index (χ1n) is 5.59. The van der Waals surface area contributed by atoms with Crippen LogP contribution in [0.2, 0.25) is 5.02 Å². The number of imidazole rings is 1. The summed E-state index contributed by atoms with van der Waals surface area (Å²) in [5.74, 6) is 0.506. The normalized spacial score (nSPS) is 13.1. The summed E-state index contributed by atoms with van der Waals surface area (Å²) >= 11 is 6.01. The molecule has 0 saturated heterocycles. The quantitative estimate of drug-likeness (QED) is 0.912. The number of nitrogen functional groups attached to an aromatic ring is 1. The van der Waals surface area contributed by atoms with E-state index in [-0.39, 0.29) is 6.04 Å². The fourth-order valence-corrected chi connectivity index (χ4v) is 2.20. The number of halogens is 1. The van der Waals surface area contributed by atoms with Gasteiger partial charge in [-0.2, -0.15) is 0 Å². The fourth-order valence-electron chi connectivity index (χ4n) is 2.04. The number of methoxy groups -OCH3 is 1. The lowest BCUT2D eigenvalue weighted by Gasteiger charge is -2.18. The minimum Gasteiger partial charge on any atom is -0.383 e. The Labute approximate surface area is 105 Å². The first kappa shape index (κ1) is 12.2. The van der Waals surface area contributed by atoms with Crippen molar-refractivity contribution < 1.29 is 4.74 Å². The molecule has 1 unspecified atom stereocenters. The van der Waals surface area contributed by atoms with Gasteiger partial charge in [-0.15, -0.1) is 0 Å². The van der Waals surface area contributed by atoms with Crippen LogP contribution in [0.1, 0.15) is 19.4 Å². The summed E-state index contributed by atoms with van der Waals surface area (Å²) in [6.45, 7) is 2.71. The van der Waals surface area contributed by atoms with Gasteiger partial charge in [0.2, 0.25) is 5.95 Å². The second kappa shape index (κ2) is 4.94. The van der Waals surface area contributed by atoms with Crippen LogP contribution >= 0.6 is 11.6 Å². The van der Waals surface area contributed by atoms with Crippen LogP contribution in [0.15, 0.2) is 18.2 Å². The zero-order chi connectivity index (χ0) is 12.4. The SMILES string of the molecule is CCC(COC)n1c(N)nc2ccc(Cl)cc21. The van der Waals surface area contributed by atoms with Crippen LogP contribution in [0, 0.1) is 0 Å². The minimum atomic E-state index is 0.184. The van der Waals surface area contributed by atoms with E-state index in [4.69, 9.17) is 22.1 Å². The standard InChI is InChI=1S/C12H16ClN3O/c1-3-9(7-17-2)16-11-6-8(13)4-5-10(11)15-12(16)14/h4-6,9H,3,7H2,1-2H3,(H2,14,15). The number of benzene rings is 1. The van der Waals surface area contributed by atoms with Gasteiger partial charge in [0.15, 0.2) is 0 Å². The summed E-state index contributed by atoms with van der Waals surface area (Å²) in [7, 11) is 1.69. The third-order valence-electron chi connectivity index (χ3n) is 2.87. The fraction of sp³-hybridized carbons (Fsp3) is 0.417. The Balaban J connectivity index is 2.57. The molecule has 0 radical (unpaired) electrons. The molecule has 2 aromatic rings. The molecule has 2 rings (SSSR count). The number of fused-ring (bicyclic) bond motifs is 1. The van der Waals surface area contributed by atoms with Crippen LogP contribution in [-0.4, -0.2) is 23.3 Å². The van der Waals surface area contributed by atoms with E-state index in [1.54, 1.807) is 7.11 Å². The number of ether oxygens (including phenoxy) is 1. The third kappa shape index (κ3) is 2.23. The van der Waals surface area contributed by atoms with Crippen molar-refractivity contribution in [1.82, 2.24) is 9.55 Å². The topological polar surface area (TPSA) is 53.1 Å². The minimum absolute atomic E-state index is 0.184. The monoisotopic (exact) mass is 253 g/mol. The van der Waals surface area contributed by atoms with E-state index in [0.29, 0.717) is 17.6 Å². The molecule has 0 amide bonds. The summed E-state index contributed by atoms with van der Waals surface area (Å²) in [5.41, 5.74) is 7.78. The van der Waals surface area contributed by atoms with Crippen molar-refractivity contribution in [3.05, 3.63) is 23.2 Å². The van der Waals surface area contributed by atoms with Gasteiger partial charge in [-0.1, -0.05) is 18.5 Å². The van der Waals surface area contributed by atoms with Gasteiger partial charge >= 0.3 is 0 Å². The molecule has 17 heavy (non-hydrogen) atoms. The maximum atomic E-state index is 6.01. The van der Waals surface area contributed by atoms with Gasteiger partial charge in [0, 0.05) is 12.1 Å². The molecular formula is C12H16ClN3O. The predicted molar refractivity (Wildman–Crippen MR) is 70.4 cm³/mol.